The summed E-state index contributed by atoms with van der Waals surface area (Å²) in [5.74, 6) is 2.38. The van der Waals surface area contributed by atoms with Gasteiger partial charge in [-0.05, 0) is 57.1 Å². The van der Waals surface area contributed by atoms with E-state index < -0.39 is 0 Å². The molecule has 20 heavy (non-hydrogen) atoms. The van der Waals surface area contributed by atoms with Crippen LogP contribution in [0.4, 0.5) is 0 Å². The Morgan fingerprint density at radius 2 is 1.90 bits per heavy atom. The average Bonchev–Trinajstić information content (AvgIpc) is 2.87. The Hall–Kier alpha value is -0.980. The van der Waals surface area contributed by atoms with Crippen molar-refractivity contribution in [3.8, 4) is 11.5 Å². The number of hydrogen-bond acceptors (Lipinski definition) is 4. The van der Waals surface area contributed by atoms with Crippen LogP contribution in [0.2, 0.25) is 0 Å². The Morgan fingerprint density at radius 3 is 2.60 bits per heavy atom. The third-order valence-electron chi connectivity index (χ3n) is 2.76. The van der Waals surface area contributed by atoms with E-state index in [1.54, 1.807) is 13.4 Å². The van der Waals surface area contributed by atoms with E-state index in [2.05, 4.69) is 37.2 Å². The number of ether oxygens (including phenoxy) is 2. The summed E-state index contributed by atoms with van der Waals surface area (Å²) in [5, 5.41) is 3.06. The van der Waals surface area contributed by atoms with Gasteiger partial charge in [-0.3, -0.25) is 0 Å². The Labute approximate surface area is 134 Å². The lowest BCUT2D eigenvalue weighted by molar-refractivity contribution is 0.298. The second-order valence-electron chi connectivity index (χ2n) is 4.11. The highest BCUT2D eigenvalue weighted by molar-refractivity contribution is 9.11. The third-order valence-corrected chi connectivity index (χ3v) is 4.00. The maximum Gasteiger partial charge on any atom is 0.135 e. The number of halogens is 2. The van der Waals surface area contributed by atoms with Gasteiger partial charge in [-0.1, -0.05) is 0 Å². The van der Waals surface area contributed by atoms with Gasteiger partial charge in [0.2, 0.25) is 0 Å². The van der Waals surface area contributed by atoms with E-state index >= 15 is 0 Å². The van der Waals surface area contributed by atoms with Gasteiger partial charge in [-0.25, -0.2) is 0 Å². The SMILES string of the molecule is CNCc1occc1COc1cc(Br)c(OC)cc1Br. The number of hydrogen-bond donors (Lipinski definition) is 1. The topological polar surface area (TPSA) is 43.6 Å². The van der Waals surface area contributed by atoms with Crippen LogP contribution < -0.4 is 14.8 Å². The van der Waals surface area contributed by atoms with Crippen molar-refractivity contribution in [2.45, 2.75) is 13.2 Å². The first kappa shape index (κ1) is 15.4. The van der Waals surface area contributed by atoms with E-state index in [0.717, 1.165) is 31.8 Å². The van der Waals surface area contributed by atoms with E-state index in [-0.39, 0.29) is 0 Å². The number of methoxy groups -OCH3 is 1. The maximum atomic E-state index is 5.83. The summed E-state index contributed by atoms with van der Waals surface area (Å²) in [6.45, 7) is 1.13. The molecule has 0 atom stereocenters. The smallest absolute Gasteiger partial charge is 0.135 e. The van der Waals surface area contributed by atoms with Crippen molar-refractivity contribution in [2.75, 3.05) is 14.2 Å². The number of rotatable bonds is 6. The van der Waals surface area contributed by atoms with Crippen LogP contribution in [-0.2, 0) is 13.2 Å². The normalized spacial score (nSPS) is 10.6. The molecule has 1 N–H and O–H groups in total. The van der Waals surface area contributed by atoms with Gasteiger partial charge in [0.25, 0.3) is 0 Å². The molecule has 1 heterocycles. The van der Waals surface area contributed by atoms with Crippen molar-refractivity contribution in [3.05, 3.63) is 44.7 Å². The predicted octanol–water partition coefficient (Wildman–Crippen LogP) is 4.11. The quantitative estimate of drug-likeness (QED) is 0.786. The van der Waals surface area contributed by atoms with Gasteiger partial charge in [-0.2, -0.15) is 0 Å². The Bertz CT molecular complexity index is 584. The van der Waals surface area contributed by atoms with Crippen molar-refractivity contribution in [2.24, 2.45) is 0 Å². The molecule has 0 aliphatic carbocycles. The fourth-order valence-corrected chi connectivity index (χ4v) is 2.67. The standard InChI is InChI=1S/C14H15Br2NO3/c1-17-7-14-9(3-4-19-14)8-20-13-6-10(15)12(18-2)5-11(13)16/h3-6,17H,7-8H2,1-2H3. The first-order valence-corrected chi connectivity index (χ1v) is 7.60. The zero-order chi connectivity index (χ0) is 14.5. The Balaban J connectivity index is 2.11. The first-order chi connectivity index (χ1) is 9.65. The summed E-state index contributed by atoms with van der Waals surface area (Å²) in [7, 11) is 3.51. The molecule has 2 rings (SSSR count). The summed E-state index contributed by atoms with van der Waals surface area (Å²) in [6.07, 6.45) is 1.67. The summed E-state index contributed by atoms with van der Waals surface area (Å²) < 4.78 is 18.1. The predicted molar refractivity (Wildman–Crippen MR) is 84.2 cm³/mol. The number of nitrogens with one attached hydrogen (secondary N) is 1. The lowest BCUT2D eigenvalue weighted by Crippen LogP contribution is -2.07. The van der Waals surface area contributed by atoms with Gasteiger partial charge in [0, 0.05) is 5.56 Å². The van der Waals surface area contributed by atoms with Crippen LogP contribution in [0.15, 0.2) is 37.8 Å². The molecule has 0 spiro atoms. The van der Waals surface area contributed by atoms with Crippen LogP contribution in [0, 0.1) is 0 Å². The van der Waals surface area contributed by atoms with Crippen LogP contribution in [0.3, 0.4) is 0 Å². The zero-order valence-electron chi connectivity index (χ0n) is 11.2. The summed E-state index contributed by atoms with van der Waals surface area (Å²) in [5.41, 5.74) is 1.03. The van der Waals surface area contributed by atoms with Crippen LogP contribution in [0.5, 0.6) is 11.5 Å². The highest BCUT2D eigenvalue weighted by Gasteiger charge is 2.11. The van der Waals surface area contributed by atoms with Crippen molar-refractivity contribution < 1.29 is 13.9 Å². The molecule has 0 amide bonds. The molecular weight excluding hydrogens is 390 g/mol. The van der Waals surface area contributed by atoms with E-state index in [4.69, 9.17) is 13.9 Å². The van der Waals surface area contributed by atoms with E-state index in [1.165, 1.54) is 0 Å². The Morgan fingerprint density at radius 1 is 1.20 bits per heavy atom. The van der Waals surface area contributed by atoms with E-state index in [9.17, 15) is 0 Å². The molecule has 0 radical (unpaired) electrons. The van der Waals surface area contributed by atoms with Crippen molar-refractivity contribution >= 4 is 31.9 Å². The molecule has 0 saturated heterocycles. The van der Waals surface area contributed by atoms with E-state index in [1.807, 2.05) is 25.2 Å². The lowest BCUT2D eigenvalue weighted by Gasteiger charge is -2.11. The fraction of sp³-hybridized carbons (Fsp3) is 0.286. The van der Waals surface area contributed by atoms with Crippen LogP contribution in [0.25, 0.3) is 0 Å². The van der Waals surface area contributed by atoms with Crippen LogP contribution >= 0.6 is 31.9 Å². The number of furan rings is 1. The van der Waals surface area contributed by atoms with Gasteiger partial charge in [0.15, 0.2) is 0 Å². The van der Waals surface area contributed by atoms with Crippen molar-refractivity contribution in [1.82, 2.24) is 5.32 Å². The first-order valence-electron chi connectivity index (χ1n) is 6.01. The largest absolute Gasteiger partial charge is 0.496 e. The minimum atomic E-state index is 0.449. The van der Waals surface area contributed by atoms with Crippen LogP contribution in [-0.4, -0.2) is 14.2 Å². The molecule has 0 aliphatic heterocycles. The molecule has 0 unspecified atom stereocenters. The molecular formula is C14H15Br2NO3. The van der Waals surface area contributed by atoms with Gasteiger partial charge in [0.1, 0.15) is 23.9 Å². The minimum Gasteiger partial charge on any atom is -0.496 e. The average molecular weight is 405 g/mol. The molecule has 0 aliphatic rings. The fourth-order valence-electron chi connectivity index (χ4n) is 1.74. The number of benzene rings is 1. The minimum absolute atomic E-state index is 0.449. The highest BCUT2D eigenvalue weighted by Crippen LogP contribution is 2.36. The van der Waals surface area contributed by atoms with Crippen LogP contribution in [0.1, 0.15) is 11.3 Å². The summed E-state index contributed by atoms with van der Waals surface area (Å²) >= 11 is 6.92. The molecule has 4 nitrogen and oxygen atoms in total. The zero-order valence-corrected chi connectivity index (χ0v) is 14.4. The van der Waals surface area contributed by atoms with Gasteiger partial charge < -0.3 is 19.2 Å². The van der Waals surface area contributed by atoms with Crippen molar-refractivity contribution in [3.63, 3.8) is 0 Å². The van der Waals surface area contributed by atoms with Gasteiger partial charge in [-0.15, -0.1) is 0 Å². The third kappa shape index (κ3) is 3.56. The highest BCUT2D eigenvalue weighted by atomic mass is 79.9. The molecule has 0 bridgehead atoms. The van der Waals surface area contributed by atoms with E-state index in [0.29, 0.717) is 13.2 Å². The second kappa shape index (κ2) is 7.15. The maximum absolute atomic E-state index is 5.83. The second-order valence-corrected chi connectivity index (χ2v) is 5.81. The Kier molecular flexibility index (Phi) is 5.51. The van der Waals surface area contributed by atoms with Crippen molar-refractivity contribution in [1.29, 1.82) is 0 Å². The molecule has 0 saturated carbocycles. The molecule has 1 aromatic carbocycles. The monoisotopic (exact) mass is 403 g/mol. The molecule has 0 fully saturated rings. The lowest BCUT2D eigenvalue weighted by atomic mass is 10.2. The molecule has 108 valence electrons. The molecule has 1 aromatic heterocycles. The van der Waals surface area contributed by atoms with Gasteiger partial charge >= 0.3 is 0 Å². The summed E-state index contributed by atoms with van der Waals surface area (Å²) in [6, 6.07) is 5.66. The molecule has 2 aromatic rings. The molecule has 6 heteroatoms. The van der Waals surface area contributed by atoms with Gasteiger partial charge in [0.05, 0.1) is 28.9 Å². The summed E-state index contributed by atoms with van der Waals surface area (Å²) in [4.78, 5) is 0.